The fourth-order valence-electron chi connectivity index (χ4n) is 0.385. The Morgan fingerprint density at radius 3 is 2.17 bits per heavy atom. The molecule has 1 saturated carbocycles. The molecule has 0 aromatic carbocycles. The van der Waals surface area contributed by atoms with Gasteiger partial charge in [-0.15, -0.1) is 0 Å². The topological polar surface area (TPSA) is 17.1 Å². The van der Waals surface area contributed by atoms with Crippen LogP contribution < -0.4 is 0 Å². The van der Waals surface area contributed by atoms with Gasteiger partial charge in [0.2, 0.25) is 0 Å². The summed E-state index contributed by atoms with van der Waals surface area (Å²) in [4.78, 5) is 10.6. The summed E-state index contributed by atoms with van der Waals surface area (Å²) >= 11 is 0. The third-order valence-electron chi connectivity index (χ3n) is 0.696. The molecule has 0 aromatic rings. The molecule has 0 heterocycles. The molecule has 0 aromatic heterocycles. The van der Waals surface area contributed by atoms with Crippen molar-refractivity contribution >= 4 is 5.78 Å². The Morgan fingerprint density at radius 2 is 2.00 bits per heavy atom. The van der Waals surface area contributed by atoms with Crippen molar-refractivity contribution in [1.82, 2.24) is 0 Å². The average molecular weight is 88.1 g/mol. The Morgan fingerprint density at radius 1 is 1.50 bits per heavy atom. The number of hydrogen-bond acceptors (Lipinski definition) is 1. The molecular formula is C5H8O. The first-order valence-corrected chi connectivity index (χ1v) is 1.87. The van der Waals surface area contributed by atoms with Gasteiger partial charge in [-0.2, -0.15) is 0 Å². The van der Waals surface area contributed by atoms with E-state index in [2.05, 4.69) is 0 Å². The SMILES string of the molecule is [2H]C1([2H])CC(=O)CC1([2H])[2H]. The molecule has 0 amide bonds. The lowest BCUT2D eigenvalue weighted by atomic mass is 10.4. The standard InChI is InChI=1S/C5H8O/c6-5-3-1-2-4-5/h1-4H2/i1D2,2D2. The minimum atomic E-state index is -1.95. The third kappa shape index (κ3) is 0.588. The van der Waals surface area contributed by atoms with Crippen molar-refractivity contribution in [3.63, 3.8) is 0 Å². The molecule has 6 heavy (non-hydrogen) atoms. The molecule has 0 unspecified atom stereocenters. The van der Waals surface area contributed by atoms with E-state index in [1.807, 2.05) is 0 Å². The minimum absolute atomic E-state index is 0.278. The zero-order chi connectivity index (χ0) is 7.99. The van der Waals surface area contributed by atoms with E-state index in [9.17, 15) is 4.79 Å². The second-order valence-corrected chi connectivity index (χ2v) is 1.25. The molecule has 1 heteroatoms. The number of hydrogen-bond donors (Lipinski definition) is 0. The van der Waals surface area contributed by atoms with Crippen LogP contribution in [-0.4, -0.2) is 5.78 Å². The van der Waals surface area contributed by atoms with Gasteiger partial charge in [-0.1, -0.05) is 0 Å². The summed E-state index contributed by atoms with van der Waals surface area (Å²) in [5, 5.41) is 0. The molecule has 0 saturated heterocycles. The first kappa shape index (κ1) is 1.32. The summed E-state index contributed by atoms with van der Waals surface area (Å²) < 4.78 is 28.4. The predicted octanol–water partition coefficient (Wildman–Crippen LogP) is 1.13. The zero-order valence-corrected chi connectivity index (χ0v) is 3.32. The highest BCUT2D eigenvalue weighted by Crippen LogP contribution is 2.11. The molecule has 34 valence electrons. The highest BCUT2D eigenvalue weighted by atomic mass is 16.1. The van der Waals surface area contributed by atoms with Gasteiger partial charge in [0.1, 0.15) is 5.78 Å². The van der Waals surface area contributed by atoms with Crippen LogP contribution in [0, 0.1) is 0 Å². The number of carbonyl (C=O) groups is 1. The molecule has 0 N–H and O–H groups in total. The van der Waals surface area contributed by atoms with Crippen molar-refractivity contribution in [1.29, 1.82) is 0 Å². The Hall–Kier alpha value is -0.330. The van der Waals surface area contributed by atoms with Crippen LogP contribution in [0.15, 0.2) is 0 Å². The molecule has 1 aliphatic carbocycles. The normalized spacial score (nSPS) is 49.0. The van der Waals surface area contributed by atoms with Crippen molar-refractivity contribution in [2.24, 2.45) is 0 Å². The number of ketones is 1. The monoisotopic (exact) mass is 88.1 g/mol. The van der Waals surface area contributed by atoms with Crippen LogP contribution in [0.2, 0.25) is 0 Å². The minimum Gasteiger partial charge on any atom is -0.300 e. The van der Waals surface area contributed by atoms with Gasteiger partial charge >= 0.3 is 0 Å². The van der Waals surface area contributed by atoms with E-state index in [0.717, 1.165) is 0 Å². The van der Waals surface area contributed by atoms with Crippen molar-refractivity contribution in [3.8, 4) is 0 Å². The van der Waals surface area contributed by atoms with Crippen molar-refractivity contribution in [2.45, 2.75) is 25.6 Å². The van der Waals surface area contributed by atoms with Gasteiger partial charge in [-0.25, -0.2) is 0 Å². The Kier molecular flexibility index (Phi) is 0.312. The van der Waals surface area contributed by atoms with Crippen molar-refractivity contribution in [2.75, 3.05) is 0 Å². The van der Waals surface area contributed by atoms with Gasteiger partial charge in [0.05, 0.1) is 0 Å². The second-order valence-electron chi connectivity index (χ2n) is 1.25. The van der Waals surface area contributed by atoms with E-state index in [0.29, 0.717) is 0 Å². The lowest BCUT2D eigenvalue weighted by Gasteiger charge is -1.71. The Bertz CT molecular complexity index is 156. The average Bonchev–Trinajstić information content (AvgIpc) is 1.73. The molecule has 1 nitrogen and oxygen atoms in total. The first-order chi connectivity index (χ1) is 4.35. The molecule has 0 bridgehead atoms. The summed E-state index contributed by atoms with van der Waals surface area (Å²) in [6.07, 6.45) is -4.46. The van der Waals surface area contributed by atoms with E-state index in [1.54, 1.807) is 0 Å². The van der Waals surface area contributed by atoms with Crippen molar-refractivity contribution < 1.29 is 10.3 Å². The number of rotatable bonds is 0. The summed E-state index contributed by atoms with van der Waals surface area (Å²) in [6.45, 7) is 0. The maximum Gasteiger partial charge on any atom is 0.132 e. The van der Waals surface area contributed by atoms with Crippen LogP contribution in [0.5, 0.6) is 0 Å². The van der Waals surface area contributed by atoms with Crippen LogP contribution in [0.3, 0.4) is 0 Å². The van der Waals surface area contributed by atoms with Crippen LogP contribution in [0.1, 0.15) is 31.1 Å². The molecule has 1 aliphatic rings. The fourth-order valence-corrected chi connectivity index (χ4v) is 0.385. The highest BCUT2D eigenvalue weighted by molar-refractivity contribution is 5.79. The highest BCUT2D eigenvalue weighted by Gasteiger charge is 2.07. The van der Waals surface area contributed by atoms with E-state index in [4.69, 9.17) is 5.48 Å². The Balaban J connectivity index is 2.88. The molecule has 1 fully saturated rings. The molecule has 0 radical (unpaired) electrons. The van der Waals surface area contributed by atoms with E-state index >= 15 is 0 Å². The lowest BCUT2D eigenvalue weighted by Crippen LogP contribution is -1.81. The predicted molar refractivity (Wildman–Crippen MR) is 23.5 cm³/mol. The van der Waals surface area contributed by atoms with Gasteiger partial charge in [-0.05, 0) is 12.7 Å². The van der Waals surface area contributed by atoms with Crippen LogP contribution in [0.25, 0.3) is 0 Å². The van der Waals surface area contributed by atoms with Gasteiger partial charge in [0, 0.05) is 18.3 Å². The molecular weight excluding hydrogens is 76.1 g/mol. The van der Waals surface area contributed by atoms with E-state index in [-0.39, 0.29) is 18.6 Å². The van der Waals surface area contributed by atoms with Gasteiger partial charge in [-0.3, -0.25) is 4.79 Å². The maximum absolute atomic E-state index is 10.6. The second kappa shape index (κ2) is 1.41. The lowest BCUT2D eigenvalue weighted by molar-refractivity contribution is -0.117. The third-order valence-corrected chi connectivity index (χ3v) is 0.696. The summed E-state index contributed by atoms with van der Waals surface area (Å²) in [6, 6.07) is 0. The van der Waals surface area contributed by atoms with Gasteiger partial charge in [0.15, 0.2) is 0 Å². The molecule has 0 spiro atoms. The summed E-state index contributed by atoms with van der Waals surface area (Å²) in [5.74, 6) is -0.324. The number of carbonyl (C=O) groups excluding carboxylic acids is 1. The quantitative estimate of drug-likeness (QED) is 0.434. The maximum atomic E-state index is 10.6. The van der Waals surface area contributed by atoms with Crippen LogP contribution >= 0.6 is 0 Å². The Labute approximate surface area is 43.0 Å². The molecule has 0 atom stereocenters. The first-order valence-electron chi connectivity index (χ1n) is 3.87. The summed E-state index contributed by atoms with van der Waals surface area (Å²) in [5.41, 5.74) is 0. The largest absolute Gasteiger partial charge is 0.300 e. The van der Waals surface area contributed by atoms with E-state index in [1.165, 1.54) is 0 Å². The van der Waals surface area contributed by atoms with Crippen LogP contribution in [-0.2, 0) is 4.79 Å². The molecule has 0 aliphatic heterocycles. The summed E-state index contributed by atoms with van der Waals surface area (Å²) in [7, 11) is 0. The number of Topliss-reactive ketones (excluding diaryl/α,β-unsaturated/α-hetero) is 1. The van der Waals surface area contributed by atoms with Crippen LogP contribution in [0.4, 0.5) is 0 Å². The fraction of sp³-hybridized carbons (Fsp3) is 0.800. The smallest absolute Gasteiger partial charge is 0.132 e. The zero-order valence-electron chi connectivity index (χ0n) is 7.32. The van der Waals surface area contributed by atoms with Gasteiger partial charge in [0.25, 0.3) is 0 Å². The van der Waals surface area contributed by atoms with Gasteiger partial charge < -0.3 is 0 Å². The molecule has 1 rings (SSSR count). The van der Waals surface area contributed by atoms with Crippen molar-refractivity contribution in [3.05, 3.63) is 0 Å². The van der Waals surface area contributed by atoms with E-state index < -0.39 is 12.7 Å².